The van der Waals surface area contributed by atoms with E-state index in [-0.39, 0.29) is 6.29 Å². The van der Waals surface area contributed by atoms with Gasteiger partial charge in [0, 0.05) is 19.6 Å². The first-order valence-electron chi connectivity index (χ1n) is 8.30. The summed E-state index contributed by atoms with van der Waals surface area (Å²) in [7, 11) is 1.70. The van der Waals surface area contributed by atoms with Crippen LogP contribution in [0.2, 0.25) is 0 Å². The second-order valence-electron chi connectivity index (χ2n) is 6.55. The van der Waals surface area contributed by atoms with E-state index in [0.29, 0.717) is 0 Å². The van der Waals surface area contributed by atoms with Crippen LogP contribution >= 0.6 is 0 Å². The second-order valence-corrected chi connectivity index (χ2v) is 6.55. The topological polar surface area (TPSA) is 18.5 Å². The van der Waals surface area contributed by atoms with Crippen molar-refractivity contribution >= 4 is 0 Å². The van der Waals surface area contributed by atoms with E-state index in [1.54, 1.807) is 7.11 Å². The summed E-state index contributed by atoms with van der Waals surface area (Å²) in [5.74, 6) is 1.61. The fourth-order valence-corrected chi connectivity index (χ4v) is 4.50. The lowest BCUT2D eigenvalue weighted by atomic mass is 9.80. The van der Waals surface area contributed by atoms with E-state index in [1.165, 1.54) is 38.5 Å². The molecule has 0 radical (unpaired) electrons. The van der Waals surface area contributed by atoms with Crippen molar-refractivity contribution in [2.24, 2.45) is 11.8 Å². The third-order valence-electron chi connectivity index (χ3n) is 5.61. The summed E-state index contributed by atoms with van der Waals surface area (Å²) in [4.78, 5) is 0. The van der Waals surface area contributed by atoms with Crippen LogP contribution in [0, 0.1) is 11.8 Å². The van der Waals surface area contributed by atoms with Crippen molar-refractivity contribution in [3.05, 3.63) is 22.3 Å². The molecule has 0 heterocycles. The van der Waals surface area contributed by atoms with Gasteiger partial charge < -0.3 is 9.47 Å². The number of hydrogen-bond acceptors (Lipinski definition) is 2. The fraction of sp³-hybridized carbons (Fsp3) is 0.778. The zero-order valence-corrected chi connectivity index (χ0v) is 13.2. The Morgan fingerprint density at radius 1 is 1.00 bits per heavy atom. The third kappa shape index (κ3) is 2.48. The number of unbranched alkanes of at least 4 members (excludes halogenated alkanes) is 1. The summed E-state index contributed by atoms with van der Waals surface area (Å²) in [6.07, 6.45) is 9.16. The number of rotatable bonds is 7. The number of ether oxygens (including phenoxy) is 2. The van der Waals surface area contributed by atoms with Crippen LogP contribution in [0.4, 0.5) is 0 Å². The molecule has 2 heteroatoms. The van der Waals surface area contributed by atoms with Gasteiger partial charge in [0.2, 0.25) is 0 Å². The highest BCUT2D eigenvalue weighted by molar-refractivity contribution is 5.48. The molecule has 3 aliphatic carbocycles. The van der Waals surface area contributed by atoms with Crippen LogP contribution in [0.3, 0.4) is 0 Å². The highest BCUT2D eigenvalue weighted by atomic mass is 16.7. The highest BCUT2D eigenvalue weighted by Gasteiger charge is 2.40. The molecule has 0 aliphatic heterocycles. The van der Waals surface area contributed by atoms with Crippen molar-refractivity contribution in [1.29, 1.82) is 0 Å². The molecule has 1 unspecified atom stereocenters. The Labute approximate surface area is 123 Å². The molecule has 0 N–H and O–H groups in total. The van der Waals surface area contributed by atoms with Gasteiger partial charge in [-0.15, -0.1) is 0 Å². The van der Waals surface area contributed by atoms with E-state index in [4.69, 9.17) is 9.47 Å². The van der Waals surface area contributed by atoms with E-state index in [1.807, 2.05) is 29.2 Å². The predicted molar refractivity (Wildman–Crippen MR) is 81.4 cm³/mol. The molecule has 0 amide bonds. The SMILES string of the molecule is COC(C)OCCCCC1C2=C3CCC(=C1CC2)C3C. The molecule has 4 bridgehead atoms. The molecule has 0 saturated heterocycles. The Bertz CT molecular complexity index is 403. The monoisotopic (exact) mass is 276 g/mol. The Hall–Kier alpha value is -0.600. The quantitative estimate of drug-likeness (QED) is 0.384. The lowest BCUT2D eigenvalue weighted by molar-refractivity contribution is -0.111. The smallest absolute Gasteiger partial charge is 0.154 e. The van der Waals surface area contributed by atoms with Crippen molar-refractivity contribution < 1.29 is 9.47 Å². The maximum Gasteiger partial charge on any atom is 0.154 e. The minimum absolute atomic E-state index is 0.0626. The van der Waals surface area contributed by atoms with Gasteiger partial charge >= 0.3 is 0 Å². The molecule has 0 aromatic rings. The van der Waals surface area contributed by atoms with Crippen molar-refractivity contribution in [2.75, 3.05) is 13.7 Å². The summed E-state index contributed by atoms with van der Waals surface area (Å²) in [6.45, 7) is 5.22. The molecule has 2 saturated carbocycles. The normalized spacial score (nSPS) is 29.6. The van der Waals surface area contributed by atoms with Gasteiger partial charge in [0.25, 0.3) is 0 Å². The van der Waals surface area contributed by atoms with Crippen LogP contribution in [0.25, 0.3) is 0 Å². The van der Waals surface area contributed by atoms with Crippen LogP contribution < -0.4 is 0 Å². The first-order chi connectivity index (χ1) is 9.72. The van der Waals surface area contributed by atoms with Gasteiger partial charge in [-0.05, 0) is 51.4 Å². The largest absolute Gasteiger partial charge is 0.356 e. The molecule has 2 fully saturated rings. The molecule has 3 aliphatic rings. The zero-order chi connectivity index (χ0) is 14.1. The first-order valence-corrected chi connectivity index (χ1v) is 8.30. The number of fused-ring (bicyclic) bond motifs is 4. The zero-order valence-electron chi connectivity index (χ0n) is 13.2. The lowest BCUT2D eigenvalue weighted by Crippen LogP contribution is -2.13. The van der Waals surface area contributed by atoms with E-state index < -0.39 is 0 Å². The van der Waals surface area contributed by atoms with Crippen molar-refractivity contribution in [1.82, 2.24) is 0 Å². The molecule has 20 heavy (non-hydrogen) atoms. The second kappa shape index (κ2) is 6.03. The predicted octanol–water partition coefficient (Wildman–Crippen LogP) is 4.61. The van der Waals surface area contributed by atoms with E-state index in [9.17, 15) is 0 Å². The van der Waals surface area contributed by atoms with Crippen LogP contribution in [0.15, 0.2) is 22.3 Å². The van der Waals surface area contributed by atoms with E-state index in [2.05, 4.69) is 6.92 Å². The maximum absolute atomic E-state index is 5.58. The molecular weight excluding hydrogens is 248 g/mol. The van der Waals surface area contributed by atoms with Gasteiger partial charge in [0.1, 0.15) is 0 Å². The van der Waals surface area contributed by atoms with Crippen molar-refractivity contribution in [3.63, 3.8) is 0 Å². The van der Waals surface area contributed by atoms with E-state index >= 15 is 0 Å². The minimum atomic E-state index is -0.0626. The molecule has 0 aromatic heterocycles. The summed E-state index contributed by atoms with van der Waals surface area (Å²) < 4.78 is 10.7. The summed E-state index contributed by atoms with van der Waals surface area (Å²) in [6, 6.07) is 0. The molecule has 3 rings (SSSR count). The third-order valence-corrected chi connectivity index (χ3v) is 5.61. The average Bonchev–Trinajstić information content (AvgIpc) is 2.90. The Balaban J connectivity index is 1.51. The molecular formula is C18H28O2. The number of hydrogen-bond donors (Lipinski definition) is 0. The fourth-order valence-electron chi connectivity index (χ4n) is 4.50. The average molecular weight is 276 g/mol. The standard InChI is InChI=1S/C18H28O2/c1-12-14-7-8-15(12)18-10-9-17(14)16(18)6-4-5-11-20-13(2)19-3/h12-13,16H,4-11H2,1-3H3. The minimum Gasteiger partial charge on any atom is -0.356 e. The van der Waals surface area contributed by atoms with Gasteiger partial charge in [-0.2, -0.15) is 0 Å². The van der Waals surface area contributed by atoms with Crippen molar-refractivity contribution in [3.8, 4) is 0 Å². The van der Waals surface area contributed by atoms with Gasteiger partial charge in [0.15, 0.2) is 6.29 Å². The lowest BCUT2D eigenvalue weighted by Gasteiger charge is -2.25. The summed E-state index contributed by atoms with van der Waals surface area (Å²) >= 11 is 0. The summed E-state index contributed by atoms with van der Waals surface area (Å²) in [5, 5.41) is 0. The number of methoxy groups -OCH3 is 1. The van der Waals surface area contributed by atoms with Crippen LogP contribution in [-0.4, -0.2) is 20.0 Å². The molecule has 2 nitrogen and oxygen atoms in total. The van der Waals surface area contributed by atoms with Gasteiger partial charge in [-0.25, -0.2) is 0 Å². The Kier molecular flexibility index (Phi) is 4.32. The number of allylic oxidation sites excluding steroid dienone is 4. The molecule has 112 valence electrons. The first kappa shape index (κ1) is 14.3. The molecule has 0 spiro atoms. The Morgan fingerprint density at radius 2 is 1.60 bits per heavy atom. The molecule has 1 atom stereocenters. The van der Waals surface area contributed by atoms with Gasteiger partial charge in [-0.3, -0.25) is 0 Å². The molecule has 0 aromatic carbocycles. The van der Waals surface area contributed by atoms with Crippen molar-refractivity contribution in [2.45, 2.75) is 65.1 Å². The van der Waals surface area contributed by atoms with E-state index in [0.717, 1.165) is 24.9 Å². The summed E-state index contributed by atoms with van der Waals surface area (Å²) in [5.41, 5.74) is 7.30. The Morgan fingerprint density at radius 3 is 2.20 bits per heavy atom. The van der Waals surface area contributed by atoms with Gasteiger partial charge in [-0.1, -0.05) is 35.6 Å². The highest BCUT2D eigenvalue weighted by Crippen LogP contribution is 2.55. The van der Waals surface area contributed by atoms with Crippen LogP contribution in [0.5, 0.6) is 0 Å². The van der Waals surface area contributed by atoms with Crippen LogP contribution in [-0.2, 0) is 9.47 Å². The van der Waals surface area contributed by atoms with Gasteiger partial charge in [0.05, 0.1) is 0 Å². The van der Waals surface area contributed by atoms with Crippen LogP contribution in [0.1, 0.15) is 58.8 Å². The maximum atomic E-state index is 5.58.